The third-order valence-corrected chi connectivity index (χ3v) is 3.88. The fourth-order valence-corrected chi connectivity index (χ4v) is 2.47. The molecule has 0 aliphatic carbocycles. The molecule has 0 atom stereocenters. The fourth-order valence-electron chi connectivity index (χ4n) is 2.47. The molecule has 5 heteroatoms. The second-order valence-electron chi connectivity index (χ2n) is 5.89. The van der Waals surface area contributed by atoms with Crippen molar-refractivity contribution in [3.63, 3.8) is 0 Å². The molecule has 120 valence electrons. The topological polar surface area (TPSA) is 72.2 Å². The summed E-state index contributed by atoms with van der Waals surface area (Å²) >= 11 is 0. The van der Waals surface area contributed by atoms with Crippen LogP contribution in [0.3, 0.4) is 0 Å². The van der Waals surface area contributed by atoms with Gasteiger partial charge in [0.2, 0.25) is 5.91 Å². The summed E-state index contributed by atoms with van der Waals surface area (Å²) in [6.07, 6.45) is 0.722. The minimum Gasteiger partial charge on any atom is -0.355 e. The molecular formula is C18H20N2O3. The lowest BCUT2D eigenvalue weighted by molar-refractivity contribution is -0.385. The molecule has 0 bridgehead atoms. The van der Waals surface area contributed by atoms with Crippen LogP contribution < -0.4 is 5.32 Å². The van der Waals surface area contributed by atoms with E-state index in [2.05, 4.69) is 5.32 Å². The third kappa shape index (κ3) is 3.94. The van der Waals surface area contributed by atoms with E-state index in [1.807, 2.05) is 30.3 Å². The fraction of sp³-hybridized carbons (Fsp3) is 0.278. The van der Waals surface area contributed by atoms with E-state index in [1.165, 1.54) is 6.07 Å². The van der Waals surface area contributed by atoms with Gasteiger partial charge in [-0.3, -0.25) is 14.9 Å². The summed E-state index contributed by atoms with van der Waals surface area (Å²) in [6.45, 7) is 3.90. The van der Waals surface area contributed by atoms with E-state index in [4.69, 9.17) is 0 Å². The van der Waals surface area contributed by atoms with Gasteiger partial charge in [0.25, 0.3) is 5.69 Å². The highest BCUT2D eigenvalue weighted by atomic mass is 16.6. The third-order valence-electron chi connectivity index (χ3n) is 3.88. The van der Waals surface area contributed by atoms with Crippen LogP contribution in [0.4, 0.5) is 5.69 Å². The zero-order valence-electron chi connectivity index (χ0n) is 13.3. The van der Waals surface area contributed by atoms with Gasteiger partial charge in [-0.15, -0.1) is 0 Å². The smallest absolute Gasteiger partial charge is 0.273 e. The molecule has 0 saturated carbocycles. The number of nitrogens with one attached hydrogen (secondary N) is 1. The van der Waals surface area contributed by atoms with Crippen LogP contribution in [0.25, 0.3) is 0 Å². The average Bonchev–Trinajstić information content (AvgIpc) is 2.55. The Morgan fingerprint density at radius 2 is 1.70 bits per heavy atom. The van der Waals surface area contributed by atoms with Gasteiger partial charge in [0.1, 0.15) is 0 Å². The van der Waals surface area contributed by atoms with Crippen LogP contribution in [-0.2, 0) is 16.6 Å². The highest BCUT2D eigenvalue weighted by molar-refractivity contribution is 5.88. The summed E-state index contributed by atoms with van der Waals surface area (Å²) in [4.78, 5) is 23.2. The molecule has 0 aliphatic rings. The number of nitro groups is 1. The Balaban J connectivity index is 2.07. The number of carbonyl (C=O) groups is 1. The van der Waals surface area contributed by atoms with Crippen LogP contribution >= 0.6 is 0 Å². The van der Waals surface area contributed by atoms with Gasteiger partial charge in [0.05, 0.1) is 10.3 Å². The van der Waals surface area contributed by atoms with Crippen molar-refractivity contribution in [3.8, 4) is 0 Å². The first-order valence-corrected chi connectivity index (χ1v) is 7.49. The molecule has 2 aromatic rings. The second kappa shape index (κ2) is 7.05. The van der Waals surface area contributed by atoms with E-state index in [0.29, 0.717) is 12.1 Å². The maximum atomic E-state index is 12.5. The Morgan fingerprint density at radius 1 is 1.09 bits per heavy atom. The Kier molecular flexibility index (Phi) is 5.11. The second-order valence-corrected chi connectivity index (χ2v) is 5.89. The van der Waals surface area contributed by atoms with Crippen molar-refractivity contribution in [2.45, 2.75) is 25.7 Å². The number of benzene rings is 2. The molecule has 2 rings (SSSR count). The maximum Gasteiger partial charge on any atom is 0.273 e. The van der Waals surface area contributed by atoms with E-state index < -0.39 is 10.3 Å². The molecule has 0 aromatic heterocycles. The largest absolute Gasteiger partial charge is 0.355 e. The Labute approximate surface area is 135 Å². The Hall–Kier alpha value is -2.69. The quantitative estimate of drug-likeness (QED) is 0.657. The van der Waals surface area contributed by atoms with Gasteiger partial charge in [-0.2, -0.15) is 0 Å². The molecule has 2 aromatic carbocycles. The van der Waals surface area contributed by atoms with Gasteiger partial charge in [0.15, 0.2) is 0 Å². The van der Waals surface area contributed by atoms with Crippen molar-refractivity contribution in [2.24, 2.45) is 0 Å². The molecule has 0 spiro atoms. The first-order valence-electron chi connectivity index (χ1n) is 7.49. The lowest BCUT2D eigenvalue weighted by Crippen LogP contribution is -2.41. The minimum absolute atomic E-state index is 0.0318. The van der Waals surface area contributed by atoms with Gasteiger partial charge < -0.3 is 5.32 Å². The van der Waals surface area contributed by atoms with Crippen LogP contribution in [0.2, 0.25) is 0 Å². The summed E-state index contributed by atoms with van der Waals surface area (Å²) < 4.78 is 0. The molecule has 0 saturated heterocycles. The van der Waals surface area contributed by atoms with Crippen LogP contribution in [0.15, 0.2) is 54.6 Å². The molecule has 23 heavy (non-hydrogen) atoms. The predicted molar refractivity (Wildman–Crippen MR) is 89.3 cm³/mol. The Morgan fingerprint density at radius 3 is 2.35 bits per heavy atom. The number of carbonyl (C=O) groups excluding carboxylic acids is 1. The molecular weight excluding hydrogens is 292 g/mol. The van der Waals surface area contributed by atoms with Gasteiger partial charge in [-0.25, -0.2) is 0 Å². The number of amides is 1. The standard InChI is InChI=1S/C18H20N2O3/c1-18(2,15-10-6-7-11-16(15)20(22)23)17(21)19-13-12-14-8-4-3-5-9-14/h3-11H,12-13H2,1-2H3,(H,19,21). The monoisotopic (exact) mass is 312 g/mol. The van der Waals surface area contributed by atoms with Crippen LogP contribution in [0.5, 0.6) is 0 Å². The van der Waals surface area contributed by atoms with E-state index in [-0.39, 0.29) is 11.6 Å². The number of hydrogen-bond donors (Lipinski definition) is 1. The first-order chi connectivity index (χ1) is 10.9. The van der Waals surface area contributed by atoms with Crippen molar-refractivity contribution >= 4 is 11.6 Å². The average molecular weight is 312 g/mol. The summed E-state index contributed by atoms with van der Waals surface area (Å²) in [5.41, 5.74) is 0.551. The van der Waals surface area contributed by atoms with Crippen molar-refractivity contribution in [3.05, 3.63) is 75.8 Å². The summed E-state index contributed by atoms with van der Waals surface area (Å²) in [5, 5.41) is 14.0. The maximum absolute atomic E-state index is 12.5. The van der Waals surface area contributed by atoms with Crippen molar-refractivity contribution in [1.82, 2.24) is 5.32 Å². The van der Waals surface area contributed by atoms with Crippen LogP contribution in [0, 0.1) is 10.1 Å². The molecule has 0 heterocycles. The van der Waals surface area contributed by atoms with Crippen molar-refractivity contribution in [2.75, 3.05) is 6.54 Å². The zero-order chi connectivity index (χ0) is 16.9. The van der Waals surface area contributed by atoms with Gasteiger partial charge in [-0.1, -0.05) is 48.5 Å². The van der Waals surface area contributed by atoms with Gasteiger partial charge in [-0.05, 0) is 25.8 Å². The van der Waals surface area contributed by atoms with Crippen LogP contribution in [-0.4, -0.2) is 17.4 Å². The molecule has 5 nitrogen and oxygen atoms in total. The summed E-state index contributed by atoms with van der Waals surface area (Å²) in [7, 11) is 0. The minimum atomic E-state index is -0.972. The predicted octanol–water partition coefficient (Wildman–Crippen LogP) is 3.23. The summed E-state index contributed by atoms with van der Waals surface area (Å²) in [5.74, 6) is -0.220. The normalized spacial score (nSPS) is 11.0. The van der Waals surface area contributed by atoms with Crippen molar-refractivity contribution < 1.29 is 9.72 Å². The molecule has 0 fully saturated rings. The van der Waals surface area contributed by atoms with Gasteiger partial charge in [0, 0.05) is 18.2 Å². The van der Waals surface area contributed by atoms with Gasteiger partial charge >= 0.3 is 0 Å². The number of rotatable bonds is 6. The lowest BCUT2D eigenvalue weighted by Gasteiger charge is -2.24. The first kappa shape index (κ1) is 16.7. The molecule has 0 aliphatic heterocycles. The molecule has 1 N–H and O–H groups in total. The number of nitro benzene ring substituents is 1. The van der Waals surface area contributed by atoms with E-state index >= 15 is 0 Å². The number of para-hydroxylation sites is 1. The molecule has 0 unspecified atom stereocenters. The lowest BCUT2D eigenvalue weighted by atomic mass is 9.82. The number of nitrogens with zero attached hydrogens (tertiary/aromatic N) is 1. The van der Waals surface area contributed by atoms with Crippen LogP contribution in [0.1, 0.15) is 25.0 Å². The van der Waals surface area contributed by atoms with E-state index in [1.54, 1.807) is 32.0 Å². The number of hydrogen-bond acceptors (Lipinski definition) is 3. The zero-order valence-corrected chi connectivity index (χ0v) is 13.3. The van der Waals surface area contributed by atoms with E-state index in [9.17, 15) is 14.9 Å². The van der Waals surface area contributed by atoms with Crippen molar-refractivity contribution in [1.29, 1.82) is 0 Å². The molecule has 1 amide bonds. The summed E-state index contributed by atoms with van der Waals surface area (Å²) in [6, 6.07) is 16.2. The highest BCUT2D eigenvalue weighted by Crippen LogP contribution is 2.31. The SMILES string of the molecule is CC(C)(C(=O)NCCc1ccccc1)c1ccccc1[N+](=O)[O-]. The Bertz CT molecular complexity index is 696. The highest BCUT2D eigenvalue weighted by Gasteiger charge is 2.35. The van der Waals surface area contributed by atoms with E-state index in [0.717, 1.165) is 12.0 Å². The molecule has 0 radical (unpaired) electrons.